The third-order valence-corrected chi connectivity index (χ3v) is 4.20. The first-order valence-electron chi connectivity index (χ1n) is 7.84. The van der Waals surface area contributed by atoms with Crippen LogP contribution in [0.5, 0.6) is 11.5 Å². The van der Waals surface area contributed by atoms with Gasteiger partial charge in [-0.05, 0) is 45.4 Å². The number of nitrogens with zero attached hydrogens (tertiary/aromatic N) is 4. The van der Waals surface area contributed by atoms with Crippen molar-refractivity contribution in [3.8, 4) is 17.6 Å². The molecule has 7 nitrogen and oxygen atoms in total. The molecule has 1 aromatic heterocycles. The van der Waals surface area contributed by atoms with Crippen LogP contribution in [0.15, 0.2) is 41.0 Å². The van der Waals surface area contributed by atoms with E-state index in [9.17, 15) is 27.2 Å². The number of hydrogen-bond donors (Lipinski definition) is 2. The number of nitrogens with one attached hydrogen (secondary N) is 2. The molecule has 0 radical (unpaired) electrons. The van der Waals surface area contributed by atoms with Crippen LogP contribution in [-0.4, -0.2) is 20.6 Å². The maximum atomic E-state index is 14.2. The van der Waals surface area contributed by atoms with Crippen LogP contribution in [0.25, 0.3) is 5.57 Å². The number of aromatic amines is 1. The first kappa shape index (κ1) is 21.2. The fourth-order valence-corrected chi connectivity index (χ4v) is 2.67. The second-order valence-electron chi connectivity index (χ2n) is 5.53. The number of hydrogen-bond acceptors (Lipinski definition) is 6. The average molecular weight is 487 g/mol. The lowest BCUT2D eigenvalue weighted by Crippen LogP contribution is -2.07. The summed E-state index contributed by atoms with van der Waals surface area (Å²) in [5, 5.41) is 24.7. The highest BCUT2D eigenvalue weighted by Gasteiger charge is 2.33. The van der Waals surface area contributed by atoms with Crippen LogP contribution in [0, 0.1) is 23.0 Å². The Morgan fingerprint density at radius 1 is 1.20 bits per heavy atom. The number of benzene rings is 2. The number of ether oxygens (including phenoxy) is 1. The lowest BCUT2D eigenvalue weighted by molar-refractivity contribution is -0.138. The number of aromatic nitrogens is 4. The Balaban J connectivity index is 1.96. The van der Waals surface area contributed by atoms with Gasteiger partial charge in [-0.2, -0.15) is 23.6 Å². The second kappa shape index (κ2) is 8.46. The minimum Gasteiger partial charge on any atom is -0.448 e. The molecule has 3 rings (SSSR count). The van der Waals surface area contributed by atoms with Gasteiger partial charge in [0.1, 0.15) is 11.6 Å². The lowest BCUT2D eigenvalue weighted by atomic mass is 10.2. The van der Waals surface area contributed by atoms with E-state index >= 15 is 0 Å². The number of tetrazole rings is 1. The molecule has 2 aromatic carbocycles. The van der Waals surface area contributed by atoms with Crippen molar-refractivity contribution in [3.63, 3.8) is 0 Å². The predicted octanol–water partition coefficient (Wildman–Crippen LogP) is 5.03. The van der Waals surface area contributed by atoms with Crippen LogP contribution in [0.3, 0.4) is 0 Å². The van der Waals surface area contributed by atoms with Gasteiger partial charge in [0.15, 0.2) is 23.1 Å². The summed E-state index contributed by atoms with van der Waals surface area (Å²) in [6.07, 6.45) is -3.73. The highest BCUT2D eigenvalue weighted by atomic mass is 79.9. The number of alkyl halides is 3. The number of rotatable bonds is 5. The summed E-state index contributed by atoms with van der Waals surface area (Å²) < 4.78 is 72.0. The van der Waals surface area contributed by atoms with Crippen LogP contribution in [0.2, 0.25) is 0 Å². The Kier molecular flexibility index (Phi) is 5.97. The molecule has 1 heterocycles. The first-order valence-corrected chi connectivity index (χ1v) is 8.63. The van der Waals surface area contributed by atoms with Crippen molar-refractivity contribution < 1.29 is 26.7 Å². The van der Waals surface area contributed by atoms with Gasteiger partial charge in [-0.25, -0.2) is 8.78 Å². The van der Waals surface area contributed by atoms with Crippen LogP contribution in [0.1, 0.15) is 11.4 Å². The summed E-state index contributed by atoms with van der Waals surface area (Å²) in [7, 11) is 0. The standard InChI is InChI=1S/C17H8BrF5N6O/c18-10-2-1-3-13(25-7-8(6-24)16-26-28-29-27-16)14(10)30-15-11(19)4-9(5-12(15)20)17(21,22)23/h1-5,7,25H,(H,26,27,28,29). The quantitative estimate of drug-likeness (QED) is 0.387. The van der Waals surface area contributed by atoms with E-state index in [1.54, 1.807) is 6.07 Å². The highest BCUT2D eigenvalue weighted by Crippen LogP contribution is 2.40. The molecule has 0 amide bonds. The monoisotopic (exact) mass is 486 g/mol. The largest absolute Gasteiger partial charge is 0.448 e. The molecule has 0 aliphatic heterocycles. The molecule has 2 N–H and O–H groups in total. The van der Waals surface area contributed by atoms with Gasteiger partial charge >= 0.3 is 6.18 Å². The van der Waals surface area contributed by atoms with Crippen LogP contribution >= 0.6 is 15.9 Å². The molecule has 30 heavy (non-hydrogen) atoms. The van der Waals surface area contributed by atoms with Crippen molar-refractivity contribution >= 4 is 27.2 Å². The maximum Gasteiger partial charge on any atom is 0.416 e. The molecule has 154 valence electrons. The average Bonchev–Trinajstić information content (AvgIpc) is 3.20. The highest BCUT2D eigenvalue weighted by molar-refractivity contribution is 9.10. The zero-order chi connectivity index (χ0) is 21.9. The molecule has 3 aromatic rings. The number of halogens is 6. The molecule has 0 fully saturated rings. The Hall–Kier alpha value is -3.53. The minimum absolute atomic E-state index is 0.0118. The Labute approximate surface area is 173 Å². The summed E-state index contributed by atoms with van der Waals surface area (Å²) in [4.78, 5) is 0. The molecule has 0 saturated heterocycles. The SMILES string of the molecule is N#CC(=CNc1cccc(Br)c1Oc1c(F)cc(C(F)(F)F)cc1F)c1nn[nH]n1. The molecule has 0 aliphatic rings. The first-order chi connectivity index (χ1) is 14.2. The topological polar surface area (TPSA) is 99.5 Å². The van der Waals surface area contributed by atoms with Gasteiger partial charge in [0.25, 0.3) is 0 Å². The van der Waals surface area contributed by atoms with Crippen LogP contribution < -0.4 is 10.1 Å². The number of para-hydroxylation sites is 1. The van der Waals surface area contributed by atoms with E-state index in [0.29, 0.717) is 0 Å². The van der Waals surface area contributed by atoms with Crippen molar-refractivity contribution in [3.05, 3.63) is 64.0 Å². The third kappa shape index (κ3) is 4.54. The zero-order valence-corrected chi connectivity index (χ0v) is 16.0. The maximum absolute atomic E-state index is 14.2. The van der Waals surface area contributed by atoms with Crippen molar-refractivity contribution in [2.24, 2.45) is 0 Å². The Morgan fingerprint density at radius 3 is 2.47 bits per heavy atom. The number of H-pyrrole nitrogens is 1. The minimum atomic E-state index is -4.92. The van der Waals surface area contributed by atoms with E-state index in [0.717, 1.165) is 0 Å². The summed E-state index contributed by atoms with van der Waals surface area (Å²) in [6.45, 7) is 0. The van der Waals surface area contributed by atoms with Crippen molar-refractivity contribution in [1.82, 2.24) is 20.6 Å². The van der Waals surface area contributed by atoms with Gasteiger partial charge in [0.2, 0.25) is 5.82 Å². The van der Waals surface area contributed by atoms with E-state index in [2.05, 4.69) is 41.9 Å². The van der Waals surface area contributed by atoms with E-state index in [1.807, 2.05) is 6.07 Å². The van der Waals surface area contributed by atoms with Crippen molar-refractivity contribution in [2.75, 3.05) is 5.32 Å². The molecule has 13 heteroatoms. The Morgan fingerprint density at radius 2 is 1.90 bits per heavy atom. The normalized spacial score (nSPS) is 11.8. The van der Waals surface area contributed by atoms with Crippen LogP contribution in [0.4, 0.5) is 27.6 Å². The fourth-order valence-electron chi connectivity index (χ4n) is 2.22. The van der Waals surface area contributed by atoms with Gasteiger partial charge < -0.3 is 10.1 Å². The van der Waals surface area contributed by atoms with Gasteiger partial charge in [0, 0.05) is 6.20 Å². The molecular formula is C17H8BrF5N6O. The lowest BCUT2D eigenvalue weighted by Gasteiger charge is -2.15. The summed E-state index contributed by atoms with van der Waals surface area (Å²) in [5.74, 6) is -4.26. The van der Waals surface area contributed by atoms with E-state index in [-0.39, 0.29) is 39.4 Å². The fraction of sp³-hybridized carbons (Fsp3) is 0.0588. The smallest absolute Gasteiger partial charge is 0.416 e. The van der Waals surface area contributed by atoms with E-state index in [1.165, 1.54) is 18.3 Å². The van der Waals surface area contributed by atoms with Gasteiger partial charge in [-0.3, -0.25) is 0 Å². The van der Waals surface area contributed by atoms with Gasteiger partial charge in [-0.15, -0.1) is 10.2 Å². The Bertz CT molecular complexity index is 1120. The molecule has 0 bridgehead atoms. The van der Waals surface area contributed by atoms with E-state index < -0.39 is 29.1 Å². The molecule has 0 spiro atoms. The summed E-state index contributed by atoms with van der Waals surface area (Å²) >= 11 is 3.15. The second-order valence-corrected chi connectivity index (χ2v) is 6.39. The number of allylic oxidation sites excluding steroid dienone is 1. The molecule has 0 atom stereocenters. The number of nitriles is 1. The summed E-state index contributed by atoms with van der Waals surface area (Å²) in [5.41, 5.74) is -1.38. The predicted molar refractivity (Wildman–Crippen MR) is 97.0 cm³/mol. The zero-order valence-electron chi connectivity index (χ0n) is 14.4. The van der Waals surface area contributed by atoms with Gasteiger partial charge in [0.05, 0.1) is 15.7 Å². The molecular weight excluding hydrogens is 479 g/mol. The van der Waals surface area contributed by atoms with Crippen molar-refractivity contribution in [2.45, 2.75) is 6.18 Å². The van der Waals surface area contributed by atoms with Gasteiger partial charge in [-0.1, -0.05) is 6.07 Å². The van der Waals surface area contributed by atoms with Crippen molar-refractivity contribution in [1.29, 1.82) is 5.26 Å². The van der Waals surface area contributed by atoms with E-state index in [4.69, 9.17) is 4.74 Å². The molecule has 0 saturated carbocycles. The summed E-state index contributed by atoms with van der Waals surface area (Å²) in [6, 6.07) is 6.57. The van der Waals surface area contributed by atoms with Crippen LogP contribution in [-0.2, 0) is 6.18 Å². The number of anilines is 1. The molecule has 0 unspecified atom stereocenters. The third-order valence-electron chi connectivity index (χ3n) is 3.58. The molecule has 0 aliphatic carbocycles.